The molecule has 0 aromatic heterocycles. The van der Waals surface area contributed by atoms with Crippen molar-refractivity contribution in [1.29, 1.82) is 0 Å². The van der Waals surface area contributed by atoms with Gasteiger partial charge in [-0.3, -0.25) is 0 Å². The third-order valence-electron chi connectivity index (χ3n) is 2.36. The summed E-state index contributed by atoms with van der Waals surface area (Å²) in [5.41, 5.74) is 0.233. The maximum absolute atomic E-state index is 12.2. The van der Waals surface area contributed by atoms with Crippen molar-refractivity contribution in [2.45, 2.75) is 31.2 Å². The second-order valence-electron chi connectivity index (χ2n) is 4.83. The summed E-state index contributed by atoms with van der Waals surface area (Å²) in [5, 5.41) is 0. The van der Waals surface area contributed by atoms with Crippen molar-refractivity contribution in [2.75, 3.05) is 13.7 Å². The van der Waals surface area contributed by atoms with Gasteiger partial charge in [-0.1, -0.05) is 15.9 Å². The molecule has 0 radical (unpaired) electrons. The Labute approximate surface area is 117 Å². The standard InChI is InChI=1S/C12H18BrNO3S/c1-9-7-10(5-6-11(9)13)18(15,16)14-12(2,3)8-17-4/h5-7,14H,8H2,1-4H3. The summed E-state index contributed by atoms with van der Waals surface area (Å²) < 4.78 is 32.9. The van der Waals surface area contributed by atoms with E-state index in [0.29, 0.717) is 6.61 Å². The van der Waals surface area contributed by atoms with Crippen LogP contribution < -0.4 is 4.72 Å². The first-order chi connectivity index (χ1) is 8.18. The third kappa shape index (κ3) is 4.05. The highest BCUT2D eigenvalue weighted by Gasteiger charge is 2.26. The van der Waals surface area contributed by atoms with Crippen molar-refractivity contribution in [1.82, 2.24) is 4.72 Å². The molecule has 0 unspecified atom stereocenters. The predicted molar refractivity (Wildman–Crippen MR) is 75.2 cm³/mol. The van der Waals surface area contributed by atoms with Gasteiger partial charge in [0.05, 0.1) is 17.0 Å². The Kier molecular flexibility index (Phi) is 4.94. The molecule has 0 aliphatic rings. The Bertz CT molecular complexity index is 526. The van der Waals surface area contributed by atoms with Crippen LogP contribution >= 0.6 is 15.9 Å². The smallest absolute Gasteiger partial charge is 0.241 e. The van der Waals surface area contributed by atoms with Crippen molar-refractivity contribution < 1.29 is 13.2 Å². The van der Waals surface area contributed by atoms with Gasteiger partial charge in [0.25, 0.3) is 0 Å². The van der Waals surface area contributed by atoms with Gasteiger partial charge < -0.3 is 4.74 Å². The molecular formula is C12H18BrNO3S. The van der Waals surface area contributed by atoms with E-state index >= 15 is 0 Å². The van der Waals surface area contributed by atoms with E-state index in [1.165, 1.54) is 0 Å². The summed E-state index contributed by atoms with van der Waals surface area (Å²) >= 11 is 3.35. The highest BCUT2D eigenvalue weighted by Crippen LogP contribution is 2.21. The first-order valence-corrected chi connectivity index (χ1v) is 7.75. The van der Waals surface area contributed by atoms with Gasteiger partial charge >= 0.3 is 0 Å². The molecule has 0 fully saturated rings. The molecule has 0 atom stereocenters. The van der Waals surface area contributed by atoms with Crippen molar-refractivity contribution in [2.24, 2.45) is 0 Å². The molecule has 0 aliphatic heterocycles. The Morgan fingerprint density at radius 3 is 2.50 bits per heavy atom. The fourth-order valence-electron chi connectivity index (χ4n) is 1.60. The lowest BCUT2D eigenvalue weighted by atomic mass is 10.1. The number of aryl methyl sites for hydroxylation is 1. The summed E-state index contributed by atoms with van der Waals surface area (Å²) in [5.74, 6) is 0. The molecule has 0 heterocycles. The van der Waals surface area contributed by atoms with Gasteiger partial charge in [0.1, 0.15) is 0 Å². The Balaban J connectivity index is 3.03. The maximum Gasteiger partial charge on any atom is 0.241 e. The number of hydrogen-bond acceptors (Lipinski definition) is 3. The van der Waals surface area contributed by atoms with E-state index in [9.17, 15) is 8.42 Å². The first kappa shape index (κ1) is 15.6. The fraction of sp³-hybridized carbons (Fsp3) is 0.500. The molecule has 1 aromatic rings. The predicted octanol–water partition coefficient (Wildman–Crippen LogP) is 2.46. The highest BCUT2D eigenvalue weighted by atomic mass is 79.9. The van der Waals surface area contributed by atoms with Crippen molar-refractivity contribution >= 4 is 26.0 Å². The molecule has 0 amide bonds. The van der Waals surface area contributed by atoms with Gasteiger partial charge in [-0.15, -0.1) is 0 Å². The second-order valence-corrected chi connectivity index (χ2v) is 7.37. The molecule has 102 valence electrons. The topological polar surface area (TPSA) is 55.4 Å². The average molecular weight is 336 g/mol. The maximum atomic E-state index is 12.2. The number of rotatable bonds is 5. The van der Waals surface area contributed by atoms with Crippen molar-refractivity contribution in [3.05, 3.63) is 28.2 Å². The minimum Gasteiger partial charge on any atom is -0.383 e. The van der Waals surface area contributed by atoms with E-state index in [1.54, 1.807) is 39.2 Å². The summed E-state index contributed by atoms with van der Waals surface area (Å²) in [6.07, 6.45) is 0. The monoisotopic (exact) mass is 335 g/mol. The Hall–Kier alpha value is -0.430. The van der Waals surface area contributed by atoms with Crippen LogP contribution in [0.1, 0.15) is 19.4 Å². The Morgan fingerprint density at radius 2 is 2.00 bits per heavy atom. The number of benzene rings is 1. The van der Waals surface area contributed by atoms with Gasteiger partial charge in [0.15, 0.2) is 0 Å². The zero-order valence-electron chi connectivity index (χ0n) is 11.0. The van der Waals surface area contributed by atoms with Gasteiger partial charge in [-0.2, -0.15) is 0 Å². The van der Waals surface area contributed by atoms with E-state index < -0.39 is 15.6 Å². The number of sulfonamides is 1. The molecule has 1 N–H and O–H groups in total. The van der Waals surface area contributed by atoms with E-state index in [0.717, 1.165) is 10.0 Å². The van der Waals surface area contributed by atoms with Crippen LogP contribution in [0.3, 0.4) is 0 Å². The molecule has 0 saturated heterocycles. The number of methoxy groups -OCH3 is 1. The second kappa shape index (κ2) is 5.69. The van der Waals surface area contributed by atoms with Gasteiger partial charge in [-0.25, -0.2) is 13.1 Å². The van der Waals surface area contributed by atoms with Gasteiger partial charge in [0.2, 0.25) is 10.0 Å². The molecule has 1 rings (SSSR count). The molecule has 0 saturated carbocycles. The number of ether oxygens (including phenoxy) is 1. The highest BCUT2D eigenvalue weighted by molar-refractivity contribution is 9.10. The molecule has 4 nitrogen and oxygen atoms in total. The van der Waals surface area contributed by atoms with E-state index in [2.05, 4.69) is 20.7 Å². The number of hydrogen-bond donors (Lipinski definition) is 1. The van der Waals surface area contributed by atoms with Crippen LogP contribution in [-0.2, 0) is 14.8 Å². The van der Waals surface area contributed by atoms with Crippen LogP contribution in [0.4, 0.5) is 0 Å². The molecule has 18 heavy (non-hydrogen) atoms. The molecular weight excluding hydrogens is 318 g/mol. The summed E-state index contributed by atoms with van der Waals surface area (Å²) in [4.78, 5) is 0.257. The van der Waals surface area contributed by atoms with Crippen LogP contribution in [0.2, 0.25) is 0 Å². The first-order valence-electron chi connectivity index (χ1n) is 5.47. The van der Waals surface area contributed by atoms with Gasteiger partial charge in [0, 0.05) is 11.6 Å². The van der Waals surface area contributed by atoms with Crippen LogP contribution in [-0.4, -0.2) is 27.7 Å². The minimum atomic E-state index is -3.53. The lowest BCUT2D eigenvalue weighted by Gasteiger charge is -2.25. The minimum absolute atomic E-state index is 0.257. The van der Waals surface area contributed by atoms with Crippen molar-refractivity contribution in [3.8, 4) is 0 Å². The SMILES string of the molecule is COCC(C)(C)NS(=O)(=O)c1ccc(Br)c(C)c1. The molecule has 0 aliphatic carbocycles. The lowest BCUT2D eigenvalue weighted by Crippen LogP contribution is -2.46. The summed E-state index contributed by atoms with van der Waals surface area (Å²) in [7, 11) is -1.99. The average Bonchev–Trinajstić information content (AvgIpc) is 2.20. The van der Waals surface area contributed by atoms with E-state index in [4.69, 9.17) is 4.74 Å². The summed E-state index contributed by atoms with van der Waals surface area (Å²) in [6.45, 7) is 5.71. The summed E-state index contributed by atoms with van der Waals surface area (Å²) in [6, 6.07) is 4.94. The van der Waals surface area contributed by atoms with Crippen LogP contribution in [0.15, 0.2) is 27.6 Å². The number of halogens is 1. The lowest BCUT2D eigenvalue weighted by molar-refractivity contribution is 0.141. The molecule has 6 heteroatoms. The zero-order valence-corrected chi connectivity index (χ0v) is 13.4. The Morgan fingerprint density at radius 1 is 1.39 bits per heavy atom. The van der Waals surface area contributed by atoms with Crippen molar-refractivity contribution in [3.63, 3.8) is 0 Å². The van der Waals surface area contributed by atoms with E-state index in [-0.39, 0.29) is 4.90 Å². The van der Waals surface area contributed by atoms with Crippen LogP contribution in [0, 0.1) is 6.92 Å². The largest absolute Gasteiger partial charge is 0.383 e. The molecule has 0 bridgehead atoms. The number of nitrogens with one attached hydrogen (secondary N) is 1. The van der Waals surface area contributed by atoms with Gasteiger partial charge in [-0.05, 0) is 44.5 Å². The van der Waals surface area contributed by atoms with E-state index in [1.807, 2.05) is 6.92 Å². The van der Waals surface area contributed by atoms with Crippen LogP contribution in [0.5, 0.6) is 0 Å². The third-order valence-corrected chi connectivity index (χ3v) is 4.94. The molecule has 0 spiro atoms. The quantitative estimate of drug-likeness (QED) is 0.899. The fourth-order valence-corrected chi connectivity index (χ4v) is 3.33. The van der Waals surface area contributed by atoms with Crippen LogP contribution in [0.25, 0.3) is 0 Å². The molecule has 1 aromatic carbocycles. The zero-order chi connectivity index (χ0) is 14.0. The normalized spacial score (nSPS) is 12.7.